The highest BCUT2D eigenvalue weighted by molar-refractivity contribution is 7.85. The van der Waals surface area contributed by atoms with Crippen LogP contribution in [0.3, 0.4) is 0 Å². The van der Waals surface area contributed by atoms with E-state index in [9.17, 15) is 103 Å². The maximum absolute atomic E-state index is 14.8. The molecule has 0 aliphatic heterocycles. The molecule has 25 heteroatoms. The number of aliphatic hydroxyl groups is 2. The minimum atomic E-state index is -9.09. The summed E-state index contributed by atoms with van der Waals surface area (Å²) in [5.41, 5.74) is -27.1. The molecule has 1 unspecified atom stereocenters. The van der Waals surface area contributed by atoms with Gasteiger partial charge in [0.1, 0.15) is 21.6 Å². The molecular weight excluding hydrogens is 647 g/mol. The van der Waals surface area contributed by atoms with Gasteiger partial charge in [-0.15, -0.1) is 0 Å². The standard InChI is InChI=1S/C15H7F17O7S/c16-7(11(18,19)20,12(21,22)23)9(34,8(17,13(24,25)26)14(27,28)29)10(35,15(30,31)32)39-4-1-2-6(5(33)3-4)40(36,37)38/h1-3,33-35H,(H,36,37,38)/p-1. The van der Waals surface area contributed by atoms with Gasteiger partial charge < -0.3 is 24.6 Å². The molecule has 0 bridgehead atoms. The first-order valence-electron chi connectivity index (χ1n) is 8.73. The number of halogens is 17. The maximum Gasteiger partial charge on any atom is 0.458 e. The molecule has 0 spiro atoms. The molecule has 1 atom stereocenters. The molecule has 0 aliphatic carbocycles. The van der Waals surface area contributed by atoms with E-state index in [4.69, 9.17) is 0 Å². The molecule has 0 saturated carbocycles. The average Bonchev–Trinajstić information content (AvgIpc) is 2.66. The van der Waals surface area contributed by atoms with Crippen LogP contribution in [0.25, 0.3) is 0 Å². The molecule has 0 fully saturated rings. The van der Waals surface area contributed by atoms with E-state index in [1.165, 1.54) is 0 Å². The van der Waals surface area contributed by atoms with Gasteiger partial charge in [-0.3, -0.25) is 0 Å². The zero-order valence-corrected chi connectivity index (χ0v) is 18.4. The second-order valence-corrected chi connectivity index (χ2v) is 8.69. The molecule has 234 valence electrons. The van der Waals surface area contributed by atoms with Crippen molar-refractivity contribution in [2.24, 2.45) is 0 Å². The van der Waals surface area contributed by atoms with Gasteiger partial charge in [-0.05, 0) is 12.1 Å². The Morgan fingerprint density at radius 2 is 0.950 bits per heavy atom. The fraction of sp³-hybridized carbons (Fsp3) is 0.600. The Kier molecular flexibility index (Phi) is 8.19. The Bertz CT molecular complexity index is 1150. The molecule has 40 heavy (non-hydrogen) atoms. The van der Waals surface area contributed by atoms with Gasteiger partial charge in [0.25, 0.3) is 0 Å². The molecule has 1 rings (SSSR count). The van der Waals surface area contributed by atoms with E-state index in [2.05, 4.69) is 4.74 Å². The number of aromatic hydroxyl groups is 1. The monoisotopic (exact) mass is 653 g/mol. The van der Waals surface area contributed by atoms with E-state index in [1.54, 1.807) is 0 Å². The highest BCUT2D eigenvalue weighted by atomic mass is 32.2. The molecule has 1 aromatic rings. The molecule has 0 amide bonds. The Morgan fingerprint density at radius 3 is 1.18 bits per heavy atom. The predicted octanol–water partition coefficient (Wildman–Crippen LogP) is 4.32. The molecule has 0 radical (unpaired) electrons. The minimum absolute atomic E-state index is 0.491. The van der Waals surface area contributed by atoms with Gasteiger partial charge in [-0.25, -0.2) is 17.2 Å². The second kappa shape index (κ2) is 9.23. The van der Waals surface area contributed by atoms with E-state index < -0.39 is 98.3 Å². The lowest BCUT2D eigenvalue weighted by atomic mass is 9.65. The molecule has 0 aliphatic rings. The minimum Gasteiger partial charge on any atom is -0.744 e. The van der Waals surface area contributed by atoms with Crippen LogP contribution < -0.4 is 4.74 Å². The number of ether oxygens (including phenoxy) is 1. The number of hydrogen-bond donors (Lipinski definition) is 3. The Hall–Kier alpha value is -2.54. The number of phenols is 1. The van der Waals surface area contributed by atoms with Gasteiger partial charge in [0, 0.05) is 6.07 Å². The van der Waals surface area contributed by atoms with Crippen molar-refractivity contribution in [3.63, 3.8) is 0 Å². The predicted molar refractivity (Wildman–Crippen MR) is 84.6 cm³/mol. The molecule has 1 aromatic carbocycles. The zero-order chi connectivity index (χ0) is 32.6. The topological polar surface area (TPSA) is 127 Å². The van der Waals surface area contributed by atoms with E-state index in [-0.39, 0.29) is 0 Å². The Morgan fingerprint density at radius 1 is 0.625 bits per heavy atom. The third-order valence-electron chi connectivity index (χ3n) is 4.90. The van der Waals surface area contributed by atoms with Gasteiger partial charge in [0.05, 0.1) is 4.90 Å². The smallest absolute Gasteiger partial charge is 0.458 e. The summed E-state index contributed by atoms with van der Waals surface area (Å²) >= 11 is 0. The van der Waals surface area contributed by atoms with Crippen LogP contribution in [0.5, 0.6) is 11.5 Å². The van der Waals surface area contributed by atoms with Crippen LogP contribution in [-0.4, -0.2) is 81.9 Å². The van der Waals surface area contributed by atoms with Crippen LogP contribution in [0.15, 0.2) is 23.1 Å². The van der Waals surface area contributed by atoms with Gasteiger partial charge in [0.15, 0.2) is 0 Å². The van der Waals surface area contributed by atoms with Gasteiger partial charge in [-0.2, -0.15) is 65.9 Å². The number of hydrogen-bond acceptors (Lipinski definition) is 7. The third-order valence-corrected chi connectivity index (χ3v) is 5.78. The lowest BCUT2D eigenvalue weighted by Gasteiger charge is -2.55. The highest BCUT2D eigenvalue weighted by Crippen LogP contribution is 2.68. The summed E-state index contributed by atoms with van der Waals surface area (Å²) in [6, 6.07) is -2.01. The number of phenolic OH excluding ortho intramolecular Hbond substituents is 1. The lowest BCUT2D eigenvalue weighted by Crippen LogP contribution is -2.91. The molecule has 7 nitrogen and oxygen atoms in total. The van der Waals surface area contributed by atoms with Crippen LogP contribution >= 0.6 is 0 Å². The highest BCUT2D eigenvalue weighted by Gasteiger charge is 3.02. The summed E-state index contributed by atoms with van der Waals surface area (Å²) in [5.74, 6) is -12.8. The third kappa shape index (κ3) is 4.82. The maximum atomic E-state index is 14.8. The normalized spacial score (nSPS) is 17.0. The number of rotatable bonds is 6. The van der Waals surface area contributed by atoms with Gasteiger partial charge in [-0.1, -0.05) is 0 Å². The zero-order valence-electron chi connectivity index (χ0n) is 17.5. The summed E-state index contributed by atoms with van der Waals surface area (Å²) < 4.78 is 265. The number of benzene rings is 1. The fourth-order valence-corrected chi connectivity index (χ4v) is 3.68. The van der Waals surface area contributed by atoms with Crippen molar-refractivity contribution in [2.45, 2.75) is 58.5 Å². The van der Waals surface area contributed by atoms with Gasteiger partial charge >= 0.3 is 48.0 Å². The largest absolute Gasteiger partial charge is 0.744 e. The average molecular weight is 653 g/mol. The first kappa shape index (κ1) is 35.5. The van der Waals surface area contributed by atoms with E-state index >= 15 is 0 Å². The van der Waals surface area contributed by atoms with Crippen LogP contribution in [0.1, 0.15) is 0 Å². The first-order valence-corrected chi connectivity index (χ1v) is 10.1. The van der Waals surface area contributed by atoms with Crippen molar-refractivity contribution in [1.82, 2.24) is 0 Å². The van der Waals surface area contributed by atoms with Gasteiger partial charge in [0.2, 0.25) is 5.60 Å². The molecule has 0 heterocycles. The molecule has 0 saturated heterocycles. The van der Waals surface area contributed by atoms with Crippen LogP contribution in [0, 0.1) is 0 Å². The summed E-state index contributed by atoms with van der Waals surface area (Å²) in [5, 5.41) is 28.6. The van der Waals surface area contributed by atoms with Crippen LogP contribution in [-0.2, 0) is 10.1 Å². The second-order valence-electron chi connectivity index (χ2n) is 7.35. The fourth-order valence-electron chi connectivity index (χ4n) is 3.13. The Balaban J connectivity index is 4.59. The lowest BCUT2D eigenvalue weighted by molar-refractivity contribution is -0.522. The summed E-state index contributed by atoms with van der Waals surface area (Å²) in [6.45, 7) is 0. The quantitative estimate of drug-likeness (QED) is 0.237. The van der Waals surface area contributed by atoms with E-state index in [0.717, 1.165) is 0 Å². The van der Waals surface area contributed by atoms with Crippen LogP contribution in [0.4, 0.5) is 74.6 Å². The van der Waals surface area contributed by atoms with Crippen molar-refractivity contribution in [1.29, 1.82) is 0 Å². The first-order chi connectivity index (χ1) is 17.1. The van der Waals surface area contributed by atoms with Crippen molar-refractivity contribution in [3.8, 4) is 11.5 Å². The van der Waals surface area contributed by atoms with Crippen molar-refractivity contribution in [3.05, 3.63) is 18.2 Å². The summed E-state index contributed by atoms with van der Waals surface area (Å²) in [6.07, 6.45) is -42.6. The van der Waals surface area contributed by atoms with Crippen LogP contribution in [0.2, 0.25) is 0 Å². The summed E-state index contributed by atoms with van der Waals surface area (Å²) in [4.78, 5) is -1.94. The van der Waals surface area contributed by atoms with Crippen molar-refractivity contribution in [2.75, 3.05) is 0 Å². The molecular formula is C15H6F17O7S-. The Labute approximate surface area is 207 Å². The van der Waals surface area contributed by atoms with E-state index in [0.29, 0.717) is 0 Å². The summed E-state index contributed by atoms with van der Waals surface area (Å²) in [7, 11) is -5.88. The molecule has 3 N–H and O–H groups in total. The number of alkyl halides is 17. The van der Waals surface area contributed by atoms with Crippen molar-refractivity contribution < 1.29 is 108 Å². The SMILES string of the molecule is O=S(=O)([O-])c1ccc(OC(O)(C(F)(F)F)C(O)(C(F)(C(F)(F)F)C(F)(F)F)C(F)(C(F)(F)F)C(F)(F)F)cc1O. The molecule has 0 aromatic heterocycles. The van der Waals surface area contributed by atoms with Crippen molar-refractivity contribution >= 4 is 10.1 Å². The van der Waals surface area contributed by atoms with E-state index in [1.807, 2.05) is 0 Å².